The van der Waals surface area contributed by atoms with Crippen LogP contribution in [0.2, 0.25) is 0 Å². The van der Waals surface area contributed by atoms with Crippen LogP contribution >= 0.6 is 15.9 Å². The molecule has 20 aromatic carbocycles. The van der Waals surface area contributed by atoms with Crippen molar-refractivity contribution >= 4 is 151 Å². The number of rotatable bonds is 16. The molecule has 0 unspecified atom stereocenters. The molecule has 0 saturated carbocycles. The molecule has 0 aliphatic carbocycles. The van der Waals surface area contributed by atoms with Gasteiger partial charge in [0.1, 0.15) is 0 Å². The molecule has 0 aliphatic heterocycles. The first-order valence-electron chi connectivity index (χ1n) is 42.3. The van der Waals surface area contributed by atoms with Gasteiger partial charge in [-0.3, -0.25) is 0 Å². The number of aromatic nitrogens is 2. The van der Waals surface area contributed by atoms with E-state index in [2.05, 4.69) is 480 Å². The lowest BCUT2D eigenvalue weighted by Crippen LogP contribution is -2.74. The molecule has 2 heterocycles. The highest BCUT2D eigenvalue weighted by molar-refractivity contribution is 9.10. The Labute approximate surface area is 748 Å². The highest BCUT2D eigenvalue weighted by Gasteiger charge is 2.43. The summed E-state index contributed by atoms with van der Waals surface area (Å²) in [7, 11) is -6.61. The second-order valence-electron chi connectivity index (χ2n) is 31.6. The first-order chi connectivity index (χ1) is 61.3. The Balaban J connectivity index is 0.000000139. The van der Waals surface area contributed by atoms with Crippen molar-refractivity contribution in [3.05, 3.63) is 502 Å². The SMILES string of the molecule is Brc1ccc(-n2c3ccc(-c4ccccc4)cc3c3cc(-c4ccccc4)ccc32)c2ccccc12.C.C.OB(O)c1ccc([Si](c2ccccc2)(c2ccccc2)c2ccccc2)cc1.c1ccc(-c2ccc3c(c2)c2cc(-c4ccccc4)ccc2n3-c2ccc(-c3ccc([Si](c4ccccc4)(c4ccccc4)c4ccccc4)cc3)c3ccccc23)cc1. The third kappa shape index (κ3) is 15.4. The summed E-state index contributed by atoms with van der Waals surface area (Å²) in [4.78, 5) is 0. The van der Waals surface area contributed by atoms with E-state index in [1.807, 2.05) is 42.5 Å². The van der Waals surface area contributed by atoms with Crippen LogP contribution in [0.1, 0.15) is 14.9 Å². The largest absolute Gasteiger partial charge is 0.488 e. The zero-order valence-electron chi connectivity index (χ0n) is 68.1. The van der Waals surface area contributed by atoms with Gasteiger partial charge in [0.15, 0.2) is 16.1 Å². The first-order valence-corrected chi connectivity index (χ1v) is 47.1. The maximum absolute atomic E-state index is 9.54. The summed E-state index contributed by atoms with van der Waals surface area (Å²) in [6.45, 7) is 0. The lowest BCUT2D eigenvalue weighted by molar-refractivity contribution is 0.426. The highest BCUT2D eigenvalue weighted by atomic mass is 79.9. The summed E-state index contributed by atoms with van der Waals surface area (Å²) in [5.74, 6) is 0. The summed E-state index contributed by atoms with van der Waals surface area (Å²) in [6, 6.07) is 180. The Bertz CT molecular complexity index is 7140. The Morgan fingerprint density at radius 2 is 0.421 bits per heavy atom. The van der Waals surface area contributed by atoms with Gasteiger partial charge >= 0.3 is 7.12 Å². The van der Waals surface area contributed by atoms with Crippen molar-refractivity contribution in [1.29, 1.82) is 0 Å². The number of hydrogen-bond donors (Lipinski definition) is 2. The zero-order valence-corrected chi connectivity index (χ0v) is 71.7. The highest BCUT2D eigenvalue weighted by Crippen LogP contribution is 2.43. The van der Waals surface area contributed by atoms with Gasteiger partial charge in [-0.25, -0.2) is 0 Å². The van der Waals surface area contributed by atoms with Crippen LogP contribution < -0.4 is 47.0 Å². The van der Waals surface area contributed by atoms with Crippen molar-refractivity contribution < 1.29 is 10.0 Å². The fourth-order valence-electron chi connectivity index (χ4n) is 18.9. The van der Waals surface area contributed by atoms with Crippen LogP contribution in [-0.2, 0) is 0 Å². The molecule has 0 aliphatic rings. The number of hydrogen-bond acceptors (Lipinski definition) is 2. The molecule has 2 N–H and O–H groups in total. The minimum atomic E-state index is -2.63. The average molecular weight is 1720 g/mol. The van der Waals surface area contributed by atoms with Crippen molar-refractivity contribution in [3.8, 4) is 67.0 Å². The summed E-state index contributed by atoms with van der Waals surface area (Å²) < 4.78 is 6.01. The average Bonchev–Trinajstić information content (AvgIpc) is 1.50. The van der Waals surface area contributed by atoms with Gasteiger partial charge in [-0.1, -0.05) is 461 Å². The monoisotopic (exact) mass is 1710 g/mol. The van der Waals surface area contributed by atoms with Gasteiger partial charge in [-0.15, -0.1) is 0 Å². The van der Waals surface area contributed by atoms with Crippen molar-refractivity contribution in [2.45, 2.75) is 14.9 Å². The molecule has 4 nitrogen and oxygen atoms in total. The first kappa shape index (κ1) is 82.4. The van der Waals surface area contributed by atoms with Crippen LogP contribution in [0.25, 0.3) is 132 Å². The number of halogens is 1. The lowest BCUT2D eigenvalue weighted by Gasteiger charge is -2.34. The van der Waals surface area contributed by atoms with E-state index < -0.39 is 23.3 Å². The van der Waals surface area contributed by atoms with Gasteiger partial charge in [0.25, 0.3) is 0 Å². The normalized spacial score (nSPS) is 11.3. The number of benzene rings is 20. The molecule has 0 bridgehead atoms. The van der Waals surface area contributed by atoms with Crippen LogP contribution in [0.5, 0.6) is 0 Å². The van der Waals surface area contributed by atoms with Gasteiger partial charge in [0, 0.05) is 36.8 Å². The summed E-state index contributed by atoms with van der Waals surface area (Å²) in [5, 5.41) is 39.6. The number of nitrogens with zero attached hydrogens (tertiary/aromatic N) is 2. The second-order valence-corrected chi connectivity index (χ2v) is 40.1. The molecule has 604 valence electrons. The molecule has 0 radical (unpaired) electrons. The molecule has 0 fully saturated rings. The van der Waals surface area contributed by atoms with E-state index in [-0.39, 0.29) is 14.9 Å². The van der Waals surface area contributed by atoms with Crippen LogP contribution in [0.3, 0.4) is 0 Å². The third-order valence-electron chi connectivity index (χ3n) is 24.7. The van der Waals surface area contributed by atoms with Gasteiger partial charge in [0.05, 0.1) is 33.4 Å². The van der Waals surface area contributed by atoms with Crippen LogP contribution in [0, 0.1) is 0 Å². The third-order valence-corrected chi connectivity index (χ3v) is 35.0. The van der Waals surface area contributed by atoms with Crippen molar-refractivity contribution in [2.75, 3.05) is 0 Å². The van der Waals surface area contributed by atoms with Crippen LogP contribution in [-0.4, -0.2) is 42.4 Å². The Morgan fingerprint density at radius 1 is 0.190 bits per heavy atom. The molecule has 22 aromatic rings. The van der Waals surface area contributed by atoms with E-state index in [0.29, 0.717) is 5.46 Å². The minimum Gasteiger partial charge on any atom is -0.423 e. The van der Waals surface area contributed by atoms with Crippen molar-refractivity contribution in [1.82, 2.24) is 9.13 Å². The molecular formula is C118H92BBrN2O2Si2. The minimum absolute atomic E-state index is 0. The predicted molar refractivity (Wildman–Crippen MR) is 548 cm³/mol. The second kappa shape index (κ2) is 36.5. The van der Waals surface area contributed by atoms with Crippen molar-refractivity contribution in [3.63, 3.8) is 0 Å². The Morgan fingerprint density at radius 3 is 0.714 bits per heavy atom. The molecule has 8 heteroatoms. The molecule has 0 atom stereocenters. The maximum Gasteiger partial charge on any atom is 0.488 e. The van der Waals surface area contributed by atoms with Gasteiger partial charge in [0.2, 0.25) is 0 Å². The van der Waals surface area contributed by atoms with E-state index in [0.717, 1.165) is 4.47 Å². The fourth-order valence-corrected chi connectivity index (χ4v) is 28.9. The van der Waals surface area contributed by atoms with E-state index >= 15 is 0 Å². The van der Waals surface area contributed by atoms with Gasteiger partial charge < -0.3 is 19.2 Å². The molecule has 2 aromatic heterocycles. The Hall–Kier alpha value is -14.6. The predicted octanol–water partition coefficient (Wildman–Crippen LogP) is 24.4. The van der Waals surface area contributed by atoms with E-state index in [9.17, 15) is 10.0 Å². The van der Waals surface area contributed by atoms with Crippen LogP contribution in [0.4, 0.5) is 0 Å². The molecule has 22 rings (SSSR count). The molecule has 0 amide bonds. The zero-order chi connectivity index (χ0) is 83.3. The van der Waals surface area contributed by atoms with Gasteiger partial charge in [-0.05, 0) is 180 Å². The Kier molecular flexibility index (Phi) is 23.8. The van der Waals surface area contributed by atoms with E-state index in [1.54, 1.807) is 0 Å². The fraction of sp³-hybridized carbons (Fsp3) is 0.0169. The van der Waals surface area contributed by atoms with E-state index in [1.165, 1.54) is 174 Å². The molecule has 126 heavy (non-hydrogen) atoms. The molecule has 0 saturated heterocycles. The lowest BCUT2D eigenvalue weighted by atomic mass is 9.81. The summed E-state index contributed by atoms with van der Waals surface area (Å²) >= 11 is 3.76. The van der Waals surface area contributed by atoms with Crippen LogP contribution in [0.15, 0.2) is 502 Å². The van der Waals surface area contributed by atoms with E-state index in [4.69, 9.17) is 0 Å². The summed E-state index contributed by atoms with van der Waals surface area (Å²) in [5.41, 5.74) is 19.9. The quantitative estimate of drug-likeness (QED) is 0.0748. The maximum atomic E-state index is 9.54. The number of fused-ring (bicyclic) bond motifs is 8. The smallest absolute Gasteiger partial charge is 0.423 e. The summed E-state index contributed by atoms with van der Waals surface area (Å²) in [6.07, 6.45) is 0. The molecule has 0 spiro atoms. The molecular weight excluding hydrogens is 1620 g/mol. The van der Waals surface area contributed by atoms with Gasteiger partial charge in [-0.2, -0.15) is 0 Å². The topological polar surface area (TPSA) is 50.3 Å². The standard InChI is InChI=1S/C58H41NSi.C34H22BrN.C24H21BO2Si.2CH4/c1-6-18-42(19-7-1)45-32-37-57-54(40-45)55-41-46(43-20-8-2-9-21-43)33-38-58(55)59(57)56-39-36-51(52-28-16-17-29-53(52)56)44-30-34-50(35-31-44)60(47-22-10-3-11-23-47,48-24-12-4-13-25-48)49-26-14-5-15-27-49;35-31-17-20-32(28-14-8-7-13-27(28)31)36-33-18-15-25(23-9-3-1-4-10-23)21-29(33)30-22-26(16-19-34(30)36)24-11-5-2-6-12-24;26-25(27)20-16-18-24(19-17-20)28(21-10-4-1-5-11-21,22-12-6-2-7-13-22)23-14-8-3-9-15-23;;/h1-41H;1-22H;1-19,26-27H;2*1H4. The van der Waals surface area contributed by atoms with Crippen molar-refractivity contribution in [2.24, 2.45) is 0 Å².